The van der Waals surface area contributed by atoms with Crippen molar-refractivity contribution in [1.29, 1.82) is 0 Å². The SMILES string of the molecule is COCCNCC(=O)NCC(c1cccs1)N(C)C. The zero-order chi connectivity index (χ0) is 14.1. The maximum atomic E-state index is 11.7. The molecule has 0 saturated heterocycles. The first kappa shape index (κ1) is 16.1. The largest absolute Gasteiger partial charge is 0.383 e. The molecule has 2 N–H and O–H groups in total. The van der Waals surface area contributed by atoms with Crippen LogP contribution in [0.25, 0.3) is 0 Å². The van der Waals surface area contributed by atoms with Crippen molar-refractivity contribution in [2.75, 3.05) is 47.4 Å². The molecule has 0 aromatic carbocycles. The van der Waals surface area contributed by atoms with E-state index in [1.54, 1.807) is 18.4 Å². The highest BCUT2D eigenvalue weighted by Gasteiger charge is 2.15. The first-order valence-corrected chi connectivity index (χ1v) is 7.19. The second kappa shape index (κ2) is 9.03. The van der Waals surface area contributed by atoms with E-state index in [4.69, 9.17) is 4.74 Å². The fraction of sp³-hybridized carbons (Fsp3) is 0.615. The Morgan fingerprint density at radius 3 is 2.89 bits per heavy atom. The number of hydrogen-bond donors (Lipinski definition) is 2. The Labute approximate surface area is 118 Å². The van der Waals surface area contributed by atoms with Crippen LogP contribution in [0.2, 0.25) is 0 Å². The molecule has 5 nitrogen and oxygen atoms in total. The highest BCUT2D eigenvalue weighted by Crippen LogP contribution is 2.22. The van der Waals surface area contributed by atoms with Crippen LogP contribution in [0.15, 0.2) is 17.5 Å². The average Bonchev–Trinajstić information content (AvgIpc) is 2.88. The van der Waals surface area contributed by atoms with E-state index in [0.29, 0.717) is 26.2 Å². The lowest BCUT2D eigenvalue weighted by molar-refractivity contribution is -0.120. The van der Waals surface area contributed by atoms with Crippen LogP contribution in [-0.4, -0.2) is 58.3 Å². The molecule has 1 amide bonds. The molecular formula is C13H23N3O2S. The number of nitrogens with one attached hydrogen (secondary N) is 2. The number of thiophene rings is 1. The highest BCUT2D eigenvalue weighted by molar-refractivity contribution is 7.10. The standard InChI is InChI=1S/C13H23N3O2S/c1-16(2)11(12-5-4-8-19-12)9-15-13(17)10-14-6-7-18-3/h4-5,8,11,14H,6-7,9-10H2,1-3H3,(H,15,17). The number of methoxy groups -OCH3 is 1. The zero-order valence-electron chi connectivity index (χ0n) is 11.8. The predicted octanol–water partition coefficient (Wildman–Crippen LogP) is 0.703. The molecule has 0 aliphatic rings. The summed E-state index contributed by atoms with van der Waals surface area (Å²) in [7, 11) is 5.69. The summed E-state index contributed by atoms with van der Waals surface area (Å²) in [6, 6.07) is 4.35. The molecule has 19 heavy (non-hydrogen) atoms. The van der Waals surface area contributed by atoms with E-state index in [9.17, 15) is 4.79 Å². The van der Waals surface area contributed by atoms with E-state index in [2.05, 4.69) is 27.0 Å². The summed E-state index contributed by atoms with van der Waals surface area (Å²) in [6.07, 6.45) is 0. The third-order valence-corrected chi connectivity index (χ3v) is 3.73. The third kappa shape index (κ3) is 6.15. The van der Waals surface area contributed by atoms with Crippen molar-refractivity contribution in [2.24, 2.45) is 0 Å². The Morgan fingerprint density at radius 2 is 2.32 bits per heavy atom. The Kier molecular flexibility index (Phi) is 7.66. The molecule has 0 aliphatic heterocycles. The molecule has 1 atom stereocenters. The lowest BCUT2D eigenvalue weighted by Crippen LogP contribution is -2.39. The fourth-order valence-electron chi connectivity index (χ4n) is 1.67. The summed E-state index contributed by atoms with van der Waals surface area (Å²) in [4.78, 5) is 15.1. The molecule has 108 valence electrons. The number of likely N-dealkylation sites (N-methyl/N-ethyl adjacent to an activating group) is 1. The molecule has 1 aromatic rings. The van der Waals surface area contributed by atoms with Crippen LogP contribution in [0.1, 0.15) is 10.9 Å². The Bertz CT molecular complexity index is 355. The van der Waals surface area contributed by atoms with Crippen LogP contribution in [0.5, 0.6) is 0 Å². The Balaban J connectivity index is 2.30. The van der Waals surface area contributed by atoms with Crippen LogP contribution in [0.4, 0.5) is 0 Å². The molecule has 0 bridgehead atoms. The minimum atomic E-state index is 0.0134. The smallest absolute Gasteiger partial charge is 0.234 e. The number of nitrogens with zero attached hydrogens (tertiary/aromatic N) is 1. The quantitative estimate of drug-likeness (QED) is 0.656. The first-order chi connectivity index (χ1) is 9.15. The summed E-state index contributed by atoms with van der Waals surface area (Å²) >= 11 is 1.71. The lowest BCUT2D eigenvalue weighted by Gasteiger charge is -2.23. The van der Waals surface area contributed by atoms with Gasteiger partial charge in [0, 0.05) is 25.1 Å². The van der Waals surface area contributed by atoms with E-state index in [1.165, 1.54) is 4.88 Å². The van der Waals surface area contributed by atoms with Gasteiger partial charge in [0.25, 0.3) is 0 Å². The van der Waals surface area contributed by atoms with E-state index < -0.39 is 0 Å². The summed E-state index contributed by atoms with van der Waals surface area (Å²) in [5.41, 5.74) is 0. The van der Waals surface area contributed by atoms with Gasteiger partial charge in [0.2, 0.25) is 5.91 Å². The molecule has 0 aliphatic carbocycles. The van der Waals surface area contributed by atoms with Crippen molar-refractivity contribution in [3.05, 3.63) is 22.4 Å². The van der Waals surface area contributed by atoms with Crippen LogP contribution in [-0.2, 0) is 9.53 Å². The second-order valence-electron chi connectivity index (χ2n) is 4.47. The fourth-order valence-corrected chi connectivity index (χ4v) is 2.59. The average molecular weight is 285 g/mol. The van der Waals surface area contributed by atoms with Crippen molar-refractivity contribution in [1.82, 2.24) is 15.5 Å². The number of rotatable bonds is 9. The van der Waals surface area contributed by atoms with Gasteiger partial charge < -0.3 is 20.3 Å². The highest BCUT2D eigenvalue weighted by atomic mass is 32.1. The molecule has 1 unspecified atom stereocenters. The lowest BCUT2D eigenvalue weighted by atomic mass is 10.2. The van der Waals surface area contributed by atoms with Gasteiger partial charge in [-0.3, -0.25) is 4.79 Å². The van der Waals surface area contributed by atoms with Crippen molar-refractivity contribution < 1.29 is 9.53 Å². The number of ether oxygens (including phenoxy) is 1. The van der Waals surface area contributed by atoms with Crippen LogP contribution < -0.4 is 10.6 Å². The van der Waals surface area contributed by atoms with E-state index in [-0.39, 0.29) is 11.9 Å². The van der Waals surface area contributed by atoms with Gasteiger partial charge in [-0.1, -0.05) is 6.07 Å². The maximum absolute atomic E-state index is 11.7. The van der Waals surface area contributed by atoms with E-state index >= 15 is 0 Å². The Hall–Kier alpha value is -0.950. The normalized spacial score (nSPS) is 12.6. The molecule has 6 heteroatoms. The topological polar surface area (TPSA) is 53.6 Å². The molecule has 0 spiro atoms. The number of carbonyl (C=O) groups is 1. The third-order valence-electron chi connectivity index (χ3n) is 2.76. The van der Waals surface area contributed by atoms with E-state index in [0.717, 1.165) is 0 Å². The van der Waals surface area contributed by atoms with Crippen molar-refractivity contribution in [3.63, 3.8) is 0 Å². The summed E-state index contributed by atoms with van der Waals surface area (Å²) in [5, 5.41) is 8.03. The van der Waals surface area contributed by atoms with Crippen LogP contribution in [0, 0.1) is 0 Å². The van der Waals surface area contributed by atoms with Crippen LogP contribution in [0.3, 0.4) is 0 Å². The van der Waals surface area contributed by atoms with Crippen molar-refractivity contribution in [3.8, 4) is 0 Å². The van der Waals surface area contributed by atoms with Gasteiger partial charge in [0.15, 0.2) is 0 Å². The zero-order valence-corrected chi connectivity index (χ0v) is 12.6. The predicted molar refractivity (Wildman–Crippen MR) is 78.5 cm³/mol. The molecule has 1 heterocycles. The van der Waals surface area contributed by atoms with Gasteiger partial charge in [-0.15, -0.1) is 11.3 Å². The summed E-state index contributed by atoms with van der Waals surface area (Å²) in [6.45, 7) is 2.25. The van der Waals surface area contributed by atoms with Gasteiger partial charge in [0.1, 0.15) is 0 Å². The first-order valence-electron chi connectivity index (χ1n) is 6.31. The monoisotopic (exact) mass is 285 g/mol. The molecule has 1 rings (SSSR count). The second-order valence-corrected chi connectivity index (χ2v) is 5.45. The van der Waals surface area contributed by atoms with Gasteiger partial charge in [-0.25, -0.2) is 0 Å². The number of carbonyl (C=O) groups excluding carboxylic acids is 1. The summed E-state index contributed by atoms with van der Waals surface area (Å²) in [5.74, 6) is 0.0134. The van der Waals surface area contributed by atoms with Gasteiger partial charge >= 0.3 is 0 Å². The van der Waals surface area contributed by atoms with Gasteiger partial charge in [0.05, 0.1) is 19.2 Å². The molecule has 1 aromatic heterocycles. The number of hydrogen-bond acceptors (Lipinski definition) is 5. The minimum absolute atomic E-state index is 0.0134. The Morgan fingerprint density at radius 1 is 1.53 bits per heavy atom. The van der Waals surface area contributed by atoms with Crippen molar-refractivity contribution >= 4 is 17.2 Å². The van der Waals surface area contributed by atoms with E-state index in [1.807, 2.05) is 20.2 Å². The molecule has 0 fully saturated rings. The minimum Gasteiger partial charge on any atom is -0.383 e. The molecule has 0 saturated carbocycles. The number of amides is 1. The van der Waals surface area contributed by atoms with Gasteiger partial charge in [-0.05, 0) is 25.5 Å². The molecular weight excluding hydrogens is 262 g/mol. The van der Waals surface area contributed by atoms with Crippen molar-refractivity contribution in [2.45, 2.75) is 6.04 Å². The maximum Gasteiger partial charge on any atom is 0.234 e. The summed E-state index contributed by atoms with van der Waals surface area (Å²) < 4.78 is 4.90. The molecule has 0 radical (unpaired) electrons. The van der Waals surface area contributed by atoms with Gasteiger partial charge in [-0.2, -0.15) is 0 Å². The van der Waals surface area contributed by atoms with Crippen LogP contribution >= 0.6 is 11.3 Å².